The van der Waals surface area contributed by atoms with Gasteiger partial charge in [0.2, 0.25) is 29.1 Å². The lowest BCUT2D eigenvalue weighted by atomic mass is 9.84. The van der Waals surface area contributed by atoms with Crippen LogP contribution in [0.1, 0.15) is 103 Å². The van der Waals surface area contributed by atoms with Gasteiger partial charge in [-0.15, -0.1) is 0 Å². The Labute approximate surface area is 337 Å². The van der Waals surface area contributed by atoms with E-state index in [0.29, 0.717) is 34.8 Å². The molecule has 13 nitrogen and oxygen atoms in total. The maximum atomic E-state index is 14.7. The molecule has 6 rings (SSSR count). The first-order valence-electron chi connectivity index (χ1n) is 20.0. The zero-order chi connectivity index (χ0) is 41.1. The normalized spacial score (nSPS) is 20.8. The fourth-order valence-corrected chi connectivity index (χ4v) is 8.52. The van der Waals surface area contributed by atoms with Gasteiger partial charge in [0.25, 0.3) is 5.91 Å². The number of carbonyl (C=O) groups excluding carboxylic acids is 5. The molecule has 57 heavy (non-hydrogen) atoms. The first kappa shape index (κ1) is 41.6. The second-order valence-corrected chi connectivity index (χ2v) is 17.4. The van der Waals surface area contributed by atoms with E-state index in [-0.39, 0.29) is 43.2 Å². The van der Waals surface area contributed by atoms with Crippen molar-refractivity contribution in [3.05, 3.63) is 75.0 Å². The van der Waals surface area contributed by atoms with Crippen LogP contribution >= 0.6 is 11.6 Å². The molecule has 4 N–H and O–H groups in total. The van der Waals surface area contributed by atoms with Gasteiger partial charge in [0.05, 0.1) is 23.8 Å². The predicted octanol–water partition coefficient (Wildman–Crippen LogP) is 5.95. The molecule has 4 amide bonds. The lowest BCUT2D eigenvalue weighted by Crippen LogP contribution is -2.59. The predicted molar refractivity (Wildman–Crippen MR) is 219 cm³/mol. The summed E-state index contributed by atoms with van der Waals surface area (Å²) in [5.41, 5.74) is 0.842. The quantitative estimate of drug-likeness (QED) is 0.164. The van der Waals surface area contributed by atoms with Crippen LogP contribution in [0.3, 0.4) is 0 Å². The second-order valence-electron chi connectivity index (χ2n) is 17.0. The molecule has 1 aliphatic carbocycles. The Bertz CT molecular complexity index is 2140. The van der Waals surface area contributed by atoms with Crippen molar-refractivity contribution >= 4 is 63.3 Å². The summed E-state index contributed by atoms with van der Waals surface area (Å²) in [6.45, 7) is 9.24. The number of amides is 4. The van der Waals surface area contributed by atoms with Crippen LogP contribution in [0.2, 0.25) is 5.02 Å². The molecular weight excluding hydrogens is 748 g/mol. The molecule has 0 unspecified atom stereocenters. The second kappa shape index (κ2) is 17.2. The van der Waals surface area contributed by atoms with Gasteiger partial charge in [-0.05, 0) is 67.3 Å². The summed E-state index contributed by atoms with van der Waals surface area (Å²) in [7, 11) is 0. The molecule has 2 aromatic carbocycles. The number of pyridine rings is 1. The molecule has 0 bridgehead atoms. The van der Waals surface area contributed by atoms with Crippen LogP contribution in [0.25, 0.3) is 10.9 Å². The van der Waals surface area contributed by atoms with E-state index < -0.39 is 52.6 Å². The van der Waals surface area contributed by atoms with Crippen LogP contribution in [0.5, 0.6) is 0 Å². The summed E-state index contributed by atoms with van der Waals surface area (Å²) in [6.07, 6.45) is 6.57. The van der Waals surface area contributed by atoms with Crippen LogP contribution in [0, 0.1) is 18.3 Å². The zero-order valence-corrected chi connectivity index (χ0v) is 34.1. The molecule has 2 aliphatic heterocycles. The van der Waals surface area contributed by atoms with E-state index in [1.807, 2.05) is 33.8 Å². The van der Waals surface area contributed by atoms with Gasteiger partial charge >= 0.3 is 0 Å². The molecule has 1 aromatic heterocycles. The monoisotopic (exact) mass is 800 g/mol. The minimum atomic E-state index is -1.20. The van der Waals surface area contributed by atoms with Crippen LogP contribution < -0.4 is 21.5 Å². The molecule has 304 valence electrons. The van der Waals surface area contributed by atoms with E-state index in [2.05, 4.69) is 26.1 Å². The molecule has 0 radical (unpaired) electrons. The molecule has 3 aliphatic rings. The van der Waals surface area contributed by atoms with Gasteiger partial charge in [-0.25, -0.2) is 0 Å². The molecule has 3 heterocycles. The molecule has 4 atom stereocenters. The van der Waals surface area contributed by atoms with E-state index in [1.165, 1.54) is 11.0 Å². The molecule has 14 heteroatoms. The van der Waals surface area contributed by atoms with Gasteiger partial charge in [0.15, 0.2) is 5.60 Å². The number of Topliss-reactive ketones (excluding diaryl/α,β-unsaturated/α-hetero) is 1. The Morgan fingerprint density at radius 3 is 2.49 bits per heavy atom. The van der Waals surface area contributed by atoms with Gasteiger partial charge in [0, 0.05) is 47.0 Å². The fraction of sp³-hybridized carbons (Fsp3) is 0.512. The van der Waals surface area contributed by atoms with Crippen LogP contribution in [0.15, 0.2) is 58.5 Å². The maximum Gasteiger partial charge on any atom is 0.293 e. The molecule has 1 saturated heterocycles. The molecule has 2 fully saturated rings. The number of nitrogens with zero attached hydrogens (tertiary/aromatic N) is 2. The number of likely N-dealkylation sites (tertiary alicyclic amines) is 1. The van der Waals surface area contributed by atoms with Crippen molar-refractivity contribution in [2.45, 2.75) is 123 Å². The highest BCUT2D eigenvalue weighted by Crippen LogP contribution is 2.40. The number of anilines is 1. The number of hydrogen-bond donors (Lipinski definition) is 4. The first-order valence-corrected chi connectivity index (χ1v) is 20.3. The molecule has 3 aromatic rings. The average Bonchev–Trinajstić information content (AvgIpc) is 3.76. The van der Waals surface area contributed by atoms with E-state index in [4.69, 9.17) is 16.4 Å². The van der Waals surface area contributed by atoms with Gasteiger partial charge in [0.1, 0.15) is 12.1 Å². The SMILES string of the molecule is CCC[C@H](NC(=O)[C@@H]1C[C@]2(CC(c3cccc(Cl)c3)=NO2)CN1C(=O)[C@@H](NC(=O)CC1CCCCC1)C(C)(C)C)C(=O)C(=O)Nc1ccc2c(C)cc(=O)[nH]c2c1. The highest BCUT2D eigenvalue weighted by atomic mass is 35.5. The van der Waals surface area contributed by atoms with Crippen molar-refractivity contribution in [2.24, 2.45) is 16.5 Å². The number of aromatic amines is 1. The summed E-state index contributed by atoms with van der Waals surface area (Å²) < 4.78 is 0. The maximum absolute atomic E-state index is 14.7. The Balaban J connectivity index is 1.23. The molecular formula is C43H53ClN6O7. The standard InChI is InChI=1S/C43H53ClN6O7/c1-6-11-31(37(53)40(55)45-29-16-17-30-25(2)18-35(51)46-32(30)21-29)47-39(54)34-23-43(22-33(49-57-43)27-14-10-15-28(44)20-27)24-50(34)41(56)38(42(3,4)5)48-36(52)19-26-12-8-7-9-13-26/h10,14-18,20-21,26,31,34,38H,6-9,11-13,19,22-24H2,1-5H3,(H,45,55)(H,46,51)(H,47,54)(H,48,52)/t31-,34-,38+,43+/m0/s1. The Morgan fingerprint density at radius 1 is 1.04 bits per heavy atom. The van der Waals surface area contributed by atoms with Crippen molar-refractivity contribution in [2.75, 3.05) is 11.9 Å². The minimum Gasteiger partial charge on any atom is -0.387 e. The van der Waals surface area contributed by atoms with Gasteiger partial charge in [-0.2, -0.15) is 0 Å². The summed E-state index contributed by atoms with van der Waals surface area (Å²) in [6, 6.07) is 10.3. The number of benzene rings is 2. The largest absolute Gasteiger partial charge is 0.387 e. The number of nitrogens with one attached hydrogen (secondary N) is 4. The summed E-state index contributed by atoms with van der Waals surface area (Å²) in [5.74, 6) is -2.82. The van der Waals surface area contributed by atoms with Crippen LogP contribution in [-0.4, -0.2) is 75.3 Å². The number of hydrogen-bond acceptors (Lipinski definition) is 8. The van der Waals surface area contributed by atoms with Crippen LogP contribution in [-0.2, 0) is 28.8 Å². The highest BCUT2D eigenvalue weighted by Gasteiger charge is 2.55. The van der Waals surface area contributed by atoms with E-state index in [9.17, 15) is 28.8 Å². The first-order chi connectivity index (χ1) is 27.1. The van der Waals surface area contributed by atoms with E-state index in [1.54, 1.807) is 43.3 Å². The summed E-state index contributed by atoms with van der Waals surface area (Å²) >= 11 is 6.28. The number of fused-ring (bicyclic) bond motifs is 1. The number of halogens is 1. The number of aryl methyl sites for hydroxylation is 1. The van der Waals surface area contributed by atoms with Crippen molar-refractivity contribution in [1.29, 1.82) is 0 Å². The third kappa shape index (κ3) is 9.75. The average molecular weight is 801 g/mol. The van der Waals surface area contributed by atoms with E-state index in [0.717, 1.165) is 48.6 Å². The third-order valence-corrected chi connectivity index (χ3v) is 11.6. The third-order valence-electron chi connectivity index (χ3n) is 11.3. The van der Waals surface area contributed by atoms with Crippen LogP contribution in [0.4, 0.5) is 5.69 Å². The van der Waals surface area contributed by atoms with Crippen molar-refractivity contribution in [3.63, 3.8) is 0 Å². The van der Waals surface area contributed by atoms with Crippen molar-refractivity contribution in [3.8, 4) is 0 Å². The Hall–Kier alpha value is -5.04. The van der Waals surface area contributed by atoms with Gasteiger partial charge in [-0.1, -0.05) is 88.3 Å². The minimum absolute atomic E-state index is 0.00102. The zero-order valence-electron chi connectivity index (χ0n) is 33.3. The number of ketones is 1. The summed E-state index contributed by atoms with van der Waals surface area (Å²) in [5, 5.41) is 14.1. The summed E-state index contributed by atoms with van der Waals surface area (Å²) in [4.78, 5) is 92.0. The number of carbonyl (C=O) groups is 5. The molecule has 1 spiro atoms. The smallest absolute Gasteiger partial charge is 0.293 e. The van der Waals surface area contributed by atoms with Gasteiger partial charge in [-0.3, -0.25) is 28.8 Å². The van der Waals surface area contributed by atoms with E-state index >= 15 is 0 Å². The number of oxime groups is 1. The van der Waals surface area contributed by atoms with Crippen molar-refractivity contribution < 1.29 is 28.8 Å². The number of rotatable bonds is 12. The Morgan fingerprint density at radius 2 is 1.79 bits per heavy atom. The lowest BCUT2D eigenvalue weighted by Gasteiger charge is -2.36. The molecule has 1 saturated carbocycles. The topological polar surface area (TPSA) is 179 Å². The van der Waals surface area contributed by atoms with Crippen molar-refractivity contribution in [1.82, 2.24) is 20.5 Å². The fourth-order valence-electron chi connectivity index (χ4n) is 8.33. The lowest BCUT2D eigenvalue weighted by molar-refractivity contribution is -0.145. The Kier molecular flexibility index (Phi) is 12.6. The number of H-pyrrole nitrogens is 1. The van der Waals surface area contributed by atoms with Gasteiger partial charge < -0.3 is 30.7 Å². The number of aromatic nitrogens is 1. The highest BCUT2D eigenvalue weighted by molar-refractivity contribution is 6.42.